The van der Waals surface area contributed by atoms with E-state index in [4.69, 9.17) is 5.26 Å². The zero-order valence-electron chi connectivity index (χ0n) is 10.4. The summed E-state index contributed by atoms with van der Waals surface area (Å²) in [5.41, 5.74) is 1.32. The first-order valence-corrected chi connectivity index (χ1v) is 6.78. The first-order valence-electron chi connectivity index (χ1n) is 6.78. The number of hydrogen-bond acceptors (Lipinski definition) is 4. The molecule has 0 amide bonds. The summed E-state index contributed by atoms with van der Waals surface area (Å²) in [7, 11) is 0. The van der Waals surface area contributed by atoms with E-state index in [2.05, 4.69) is 21.4 Å². The van der Waals surface area contributed by atoms with E-state index < -0.39 is 0 Å². The van der Waals surface area contributed by atoms with Gasteiger partial charge in [-0.05, 0) is 55.9 Å². The van der Waals surface area contributed by atoms with Gasteiger partial charge in [0.25, 0.3) is 0 Å². The molecule has 0 radical (unpaired) electrons. The maximum Gasteiger partial charge on any atom is 0.224 e. The molecule has 2 bridgehead atoms. The first-order chi connectivity index (χ1) is 8.76. The Balaban J connectivity index is 1.54. The van der Waals surface area contributed by atoms with Crippen molar-refractivity contribution in [1.82, 2.24) is 9.97 Å². The summed E-state index contributed by atoms with van der Waals surface area (Å²) in [6, 6.07) is 4.39. The molecule has 1 aromatic rings. The van der Waals surface area contributed by atoms with Gasteiger partial charge in [-0.1, -0.05) is 0 Å². The summed E-state index contributed by atoms with van der Waals surface area (Å²) < 4.78 is 0. The highest BCUT2D eigenvalue weighted by molar-refractivity contribution is 5.38. The van der Waals surface area contributed by atoms with Crippen LogP contribution in [-0.4, -0.2) is 16.0 Å². The van der Waals surface area contributed by atoms with Crippen molar-refractivity contribution in [1.29, 1.82) is 5.26 Å². The molecule has 18 heavy (non-hydrogen) atoms. The fraction of sp³-hybridized carbons (Fsp3) is 0.643. The Kier molecular flexibility index (Phi) is 1.97. The Morgan fingerprint density at radius 3 is 2.67 bits per heavy atom. The van der Waals surface area contributed by atoms with Gasteiger partial charge in [0.05, 0.1) is 0 Å². The monoisotopic (exact) mass is 240 g/mol. The van der Waals surface area contributed by atoms with Crippen molar-refractivity contribution in [2.24, 2.45) is 23.7 Å². The van der Waals surface area contributed by atoms with Crippen LogP contribution in [0.1, 0.15) is 30.7 Å². The van der Waals surface area contributed by atoms with E-state index in [0.29, 0.717) is 17.7 Å². The molecule has 1 aromatic heterocycles. The Hall–Kier alpha value is -1.63. The third-order valence-corrected chi connectivity index (χ3v) is 5.00. The SMILES string of the molecule is Cc1cc(C#N)nc(NC2C3C4CCC(C4)C23)n1. The van der Waals surface area contributed by atoms with Crippen LogP contribution >= 0.6 is 0 Å². The van der Waals surface area contributed by atoms with Crippen molar-refractivity contribution in [3.8, 4) is 6.07 Å². The molecule has 92 valence electrons. The normalized spacial score (nSPS) is 39.2. The summed E-state index contributed by atoms with van der Waals surface area (Å²) in [5.74, 6) is 4.25. The third-order valence-electron chi connectivity index (χ3n) is 5.00. The number of anilines is 1. The highest BCUT2D eigenvalue weighted by Gasteiger charge is 2.65. The van der Waals surface area contributed by atoms with E-state index >= 15 is 0 Å². The molecule has 4 heteroatoms. The van der Waals surface area contributed by atoms with Crippen molar-refractivity contribution in [2.75, 3.05) is 5.32 Å². The van der Waals surface area contributed by atoms with E-state index in [1.165, 1.54) is 19.3 Å². The second-order valence-electron chi connectivity index (χ2n) is 5.99. The molecular formula is C14H16N4. The Morgan fingerprint density at radius 1 is 1.28 bits per heavy atom. The zero-order chi connectivity index (χ0) is 12.3. The maximum atomic E-state index is 8.92. The van der Waals surface area contributed by atoms with Gasteiger partial charge in [-0.25, -0.2) is 9.97 Å². The van der Waals surface area contributed by atoms with Crippen LogP contribution in [0.3, 0.4) is 0 Å². The van der Waals surface area contributed by atoms with Gasteiger partial charge in [-0.15, -0.1) is 0 Å². The Morgan fingerprint density at radius 2 is 2.00 bits per heavy atom. The van der Waals surface area contributed by atoms with Crippen LogP contribution in [0.2, 0.25) is 0 Å². The largest absolute Gasteiger partial charge is 0.351 e. The summed E-state index contributed by atoms with van der Waals surface area (Å²) in [6.07, 6.45) is 4.29. The lowest BCUT2D eigenvalue weighted by atomic mass is 10.0. The molecule has 0 saturated heterocycles. The van der Waals surface area contributed by atoms with E-state index in [9.17, 15) is 0 Å². The summed E-state index contributed by atoms with van der Waals surface area (Å²) >= 11 is 0. The van der Waals surface area contributed by atoms with Crippen molar-refractivity contribution < 1.29 is 0 Å². The third kappa shape index (κ3) is 1.37. The fourth-order valence-corrected chi connectivity index (χ4v) is 4.36. The molecule has 4 unspecified atom stereocenters. The van der Waals surface area contributed by atoms with Crippen LogP contribution in [0.5, 0.6) is 0 Å². The summed E-state index contributed by atoms with van der Waals surface area (Å²) in [6.45, 7) is 1.91. The van der Waals surface area contributed by atoms with Crippen molar-refractivity contribution in [3.05, 3.63) is 17.5 Å². The van der Waals surface area contributed by atoms with E-state index in [-0.39, 0.29) is 0 Å². The quantitative estimate of drug-likeness (QED) is 0.860. The van der Waals surface area contributed by atoms with Gasteiger partial charge in [0, 0.05) is 11.7 Å². The van der Waals surface area contributed by atoms with Gasteiger partial charge >= 0.3 is 0 Å². The average molecular weight is 240 g/mol. The minimum absolute atomic E-state index is 0.457. The number of fused-ring (bicyclic) bond motifs is 5. The van der Waals surface area contributed by atoms with Gasteiger partial charge in [-0.2, -0.15) is 5.26 Å². The van der Waals surface area contributed by atoms with Gasteiger partial charge in [0.1, 0.15) is 11.8 Å². The molecule has 3 fully saturated rings. The van der Waals surface area contributed by atoms with E-state index in [0.717, 1.165) is 29.4 Å². The van der Waals surface area contributed by atoms with Crippen LogP contribution in [0.15, 0.2) is 6.07 Å². The maximum absolute atomic E-state index is 8.92. The molecule has 0 aliphatic heterocycles. The summed E-state index contributed by atoms with van der Waals surface area (Å²) in [4.78, 5) is 8.63. The van der Waals surface area contributed by atoms with E-state index in [1.807, 2.05) is 6.92 Å². The fourth-order valence-electron chi connectivity index (χ4n) is 4.36. The van der Waals surface area contributed by atoms with Crippen molar-refractivity contribution in [2.45, 2.75) is 32.2 Å². The predicted molar refractivity (Wildman–Crippen MR) is 66.7 cm³/mol. The van der Waals surface area contributed by atoms with Gasteiger partial charge in [0.15, 0.2) is 0 Å². The lowest BCUT2D eigenvalue weighted by Gasteiger charge is -2.10. The predicted octanol–water partition coefficient (Wildman–Crippen LogP) is 2.11. The smallest absolute Gasteiger partial charge is 0.224 e. The molecule has 4 atom stereocenters. The molecule has 0 spiro atoms. The molecule has 3 aliphatic carbocycles. The molecule has 3 aliphatic rings. The van der Waals surface area contributed by atoms with Gasteiger partial charge < -0.3 is 5.32 Å². The second kappa shape index (κ2) is 3.44. The Labute approximate surface area is 106 Å². The molecule has 3 saturated carbocycles. The number of nitrogens with one attached hydrogen (secondary N) is 1. The minimum atomic E-state index is 0.457. The number of aryl methyl sites for hydroxylation is 1. The summed E-state index contributed by atoms with van der Waals surface area (Å²) in [5, 5.41) is 12.4. The van der Waals surface area contributed by atoms with Crippen LogP contribution < -0.4 is 5.32 Å². The number of nitriles is 1. The minimum Gasteiger partial charge on any atom is -0.351 e. The topological polar surface area (TPSA) is 61.6 Å². The zero-order valence-corrected chi connectivity index (χ0v) is 10.4. The standard InChI is InChI=1S/C14H16N4/c1-7-4-10(6-15)17-14(16-7)18-13-11-8-2-3-9(5-8)12(11)13/h4,8-9,11-13H,2-3,5H2,1H3,(H,16,17,18). The molecule has 4 rings (SSSR count). The lowest BCUT2D eigenvalue weighted by molar-refractivity contribution is 0.456. The molecular weight excluding hydrogens is 224 g/mol. The van der Waals surface area contributed by atoms with Crippen LogP contribution in [-0.2, 0) is 0 Å². The molecule has 1 N–H and O–H groups in total. The second-order valence-corrected chi connectivity index (χ2v) is 5.99. The average Bonchev–Trinajstić information content (AvgIpc) is 2.76. The van der Waals surface area contributed by atoms with Gasteiger partial charge in [0.2, 0.25) is 5.95 Å². The molecule has 0 aromatic carbocycles. The number of rotatable bonds is 2. The Bertz CT molecular complexity index is 531. The van der Waals surface area contributed by atoms with Crippen molar-refractivity contribution >= 4 is 5.95 Å². The lowest BCUT2D eigenvalue weighted by Crippen LogP contribution is -2.15. The van der Waals surface area contributed by atoms with Crippen LogP contribution in [0.4, 0.5) is 5.95 Å². The number of aromatic nitrogens is 2. The number of nitrogens with zero attached hydrogens (tertiary/aromatic N) is 3. The molecule has 1 heterocycles. The number of hydrogen-bond donors (Lipinski definition) is 1. The van der Waals surface area contributed by atoms with Gasteiger partial charge in [-0.3, -0.25) is 0 Å². The van der Waals surface area contributed by atoms with Crippen LogP contribution in [0.25, 0.3) is 0 Å². The highest BCUT2D eigenvalue weighted by atomic mass is 15.2. The van der Waals surface area contributed by atoms with Crippen LogP contribution in [0, 0.1) is 41.9 Å². The first kappa shape index (κ1) is 10.3. The molecule has 4 nitrogen and oxygen atoms in total. The highest BCUT2D eigenvalue weighted by Crippen LogP contribution is 2.66. The van der Waals surface area contributed by atoms with Crippen molar-refractivity contribution in [3.63, 3.8) is 0 Å². The van der Waals surface area contributed by atoms with E-state index in [1.54, 1.807) is 6.07 Å².